The highest BCUT2D eigenvalue weighted by Crippen LogP contribution is 2.28. The minimum atomic E-state index is 0.279. The van der Waals surface area contributed by atoms with E-state index in [1.807, 2.05) is 6.07 Å². The van der Waals surface area contributed by atoms with E-state index < -0.39 is 0 Å². The van der Waals surface area contributed by atoms with Gasteiger partial charge in [0.05, 0.1) is 24.1 Å². The monoisotopic (exact) mass is 325 g/mol. The van der Waals surface area contributed by atoms with Crippen LogP contribution in [0, 0.1) is 0 Å². The summed E-state index contributed by atoms with van der Waals surface area (Å²) in [6, 6.07) is 4.13. The number of hydrogen-bond acceptors (Lipinski definition) is 6. The van der Waals surface area contributed by atoms with E-state index in [0.717, 1.165) is 47.6 Å². The number of rotatable bonds is 7. The molecule has 1 unspecified atom stereocenters. The Morgan fingerprint density at radius 1 is 1.52 bits per heavy atom. The molecule has 1 aliphatic rings. The molecule has 7 heteroatoms. The third kappa shape index (κ3) is 3.66. The van der Waals surface area contributed by atoms with Crippen LogP contribution in [0.3, 0.4) is 0 Å². The van der Waals surface area contributed by atoms with Gasteiger partial charge in [0.15, 0.2) is 11.0 Å². The molecule has 21 heavy (non-hydrogen) atoms. The second kappa shape index (κ2) is 7.40. The van der Waals surface area contributed by atoms with E-state index in [-0.39, 0.29) is 6.10 Å². The SMILES string of the molecule is COCCSc1nnc(-c2cccs2)n1CC1CCCO1. The molecule has 1 saturated heterocycles. The number of nitrogens with zero attached hydrogens (tertiary/aromatic N) is 3. The molecule has 0 N–H and O–H groups in total. The number of thioether (sulfide) groups is 1. The highest BCUT2D eigenvalue weighted by Gasteiger charge is 2.21. The van der Waals surface area contributed by atoms with Crippen molar-refractivity contribution < 1.29 is 9.47 Å². The van der Waals surface area contributed by atoms with E-state index in [4.69, 9.17) is 9.47 Å². The Labute approximate surface area is 132 Å². The quantitative estimate of drug-likeness (QED) is 0.579. The zero-order valence-electron chi connectivity index (χ0n) is 12.0. The van der Waals surface area contributed by atoms with Crippen molar-refractivity contribution >= 4 is 23.1 Å². The van der Waals surface area contributed by atoms with Crippen molar-refractivity contribution in [3.05, 3.63) is 17.5 Å². The zero-order valence-corrected chi connectivity index (χ0v) is 13.7. The van der Waals surface area contributed by atoms with E-state index in [0.29, 0.717) is 6.61 Å². The Hall–Kier alpha value is -0.890. The smallest absolute Gasteiger partial charge is 0.191 e. The van der Waals surface area contributed by atoms with Gasteiger partial charge >= 0.3 is 0 Å². The molecule has 5 nitrogen and oxygen atoms in total. The van der Waals surface area contributed by atoms with E-state index in [1.54, 1.807) is 30.2 Å². The van der Waals surface area contributed by atoms with Crippen molar-refractivity contribution in [1.29, 1.82) is 0 Å². The Balaban J connectivity index is 1.81. The van der Waals surface area contributed by atoms with Crippen LogP contribution in [0.15, 0.2) is 22.7 Å². The summed E-state index contributed by atoms with van der Waals surface area (Å²) in [6.07, 6.45) is 2.54. The maximum Gasteiger partial charge on any atom is 0.191 e. The number of thiophene rings is 1. The van der Waals surface area contributed by atoms with Crippen LogP contribution in [0.4, 0.5) is 0 Å². The van der Waals surface area contributed by atoms with Gasteiger partial charge in [-0.05, 0) is 24.3 Å². The fraction of sp³-hybridized carbons (Fsp3) is 0.571. The van der Waals surface area contributed by atoms with Crippen molar-refractivity contribution in [3.8, 4) is 10.7 Å². The van der Waals surface area contributed by atoms with Gasteiger partial charge in [-0.2, -0.15) is 0 Å². The van der Waals surface area contributed by atoms with Gasteiger partial charge in [-0.25, -0.2) is 0 Å². The topological polar surface area (TPSA) is 49.2 Å². The first-order valence-electron chi connectivity index (χ1n) is 7.09. The lowest BCUT2D eigenvalue weighted by Gasteiger charge is -2.14. The third-order valence-corrected chi connectivity index (χ3v) is 5.18. The molecule has 0 amide bonds. The number of aromatic nitrogens is 3. The number of methoxy groups -OCH3 is 1. The summed E-state index contributed by atoms with van der Waals surface area (Å²) >= 11 is 3.38. The molecule has 2 aromatic rings. The van der Waals surface area contributed by atoms with Gasteiger partial charge < -0.3 is 9.47 Å². The molecule has 2 aromatic heterocycles. The summed E-state index contributed by atoms with van der Waals surface area (Å²) in [6.45, 7) is 2.41. The molecule has 0 spiro atoms. The van der Waals surface area contributed by atoms with E-state index in [1.165, 1.54) is 0 Å². The number of hydrogen-bond donors (Lipinski definition) is 0. The summed E-state index contributed by atoms with van der Waals surface area (Å²) in [5.41, 5.74) is 0. The van der Waals surface area contributed by atoms with Crippen molar-refractivity contribution in [1.82, 2.24) is 14.8 Å². The summed E-state index contributed by atoms with van der Waals surface area (Å²) in [5.74, 6) is 1.82. The fourth-order valence-electron chi connectivity index (χ4n) is 2.36. The zero-order chi connectivity index (χ0) is 14.5. The number of ether oxygens (including phenoxy) is 2. The molecule has 1 atom stereocenters. The molecule has 1 aliphatic heterocycles. The summed E-state index contributed by atoms with van der Waals surface area (Å²) in [5, 5.41) is 11.8. The first kappa shape index (κ1) is 15.0. The Morgan fingerprint density at radius 2 is 2.48 bits per heavy atom. The maximum atomic E-state index is 5.77. The minimum Gasteiger partial charge on any atom is -0.384 e. The summed E-state index contributed by atoms with van der Waals surface area (Å²) in [4.78, 5) is 1.15. The third-order valence-electron chi connectivity index (χ3n) is 3.39. The normalized spacial score (nSPS) is 18.4. The Morgan fingerprint density at radius 3 is 3.19 bits per heavy atom. The van der Waals surface area contributed by atoms with Crippen LogP contribution >= 0.6 is 23.1 Å². The van der Waals surface area contributed by atoms with Gasteiger partial charge in [0.25, 0.3) is 0 Å². The van der Waals surface area contributed by atoms with Gasteiger partial charge in [0.2, 0.25) is 0 Å². The van der Waals surface area contributed by atoms with Crippen LogP contribution in [-0.4, -0.2) is 46.9 Å². The molecule has 0 saturated carbocycles. The molecule has 1 fully saturated rings. The lowest BCUT2D eigenvalue weighted by atomic mass is 10.2. The summed E-state index contributed by atoms with van der Waals surface area (Å²) in [7, 11) is 1.72. The molecule has 114 valence electrons. The Bertz CT molecular complexity index is 551. The summed E-state index contributed by atoms with van der Waals surface area (Å²) < 4.78 is 13.1. The van der Waals surface area contributed by atoms with Gasteiger partial charge in [0.1, 0.15) is 0 Å². The van der Waals surface area contributed by atoms with Crippen LogP contribution in [0.2, 0.25) is 0 Å². The highest BCUT2D eigenvalue weighted by atomic mass is 32.2. The van der Waals surface area contributed by atoms with E-state index in [9.17, 15) is 0 Å². The average molecular weight is 325 g/mol. The second-order valence-electron chi connectivity index (χ2n) is 4.87. The largest absolute Gasteiger partial charge is 0.384 e. The molecule has 0 aliphatic carbocycles. The van der Waals surface area contributed by atoms with Gasteiger partial charge in [0, 0.05) is 19.5 Å². The van der Waals surface area contributed by atoms with E-state index in [2.05, 4.69) is 26.2 Å². The van der Waals surface area contributed by atoms with Crippen LogP contribution in [-0.2, 0) is 16.0 Å². The fourth-order valence-corrected chi connectivity index (χ4v) is 3.92. The van der Waals surface area contributed by atoms with Crippen LogP contribution < -0.4 is 0 Å². The lowest BCUT2D eigenvalue weighted by molar-refractivity contribution is 0.0953. The van der Waals surface area contributed by atoms with Crippen molar-refractivity contribution in [2.75, 3.05) is 26.1 Å². The van der Waals surface area contributed by atoms with Crippen molar-refractivity contribution in [2.24, 2.45) is 0 Å². The van der Waals surface area contributed by atoms with E-state index >= 15 is 0 Å². The van der Waals surface area contributed by atoms with Crippen molar-refractivity contribution in [3.63, 3.8) is 0 Å². The Kier molecular flexibility index (Phi) is 5.29. The van der Waals surface area contributed by atoms with Crippen LogP contribution in [0.25, 0.3) is 10.7 Å². The molecular formula is C14H19N3O2S2. The molecule has 0 aromatic carbocycles. The van der Waals surface area contributed by atoms with Crippen LogP contribution in [0.5, 0.6) is 0 Å². The van der Waals surface area contributed by atoms with Crippen LogP contribution in [0.1, 0.15) is 12.8 Å². The molecular weight excluding hydrogens is 306 g/mol. The predicted octanol–water partition coefficient (Wildman–Crippen LogP) is 2.92. The first-order valence-corrected chi connectivity index (χ1v) is 8.95. The van der Waals surface area contributed by atoms with Gasteiger partial charge in [-0.3, -0.25) is 4.57 Å². The molecule has 3 heterocycles. The first-order chi connectivity index (χ1) is 10.4. The highest BCUT2D eigenvalue weighted by molar-refractivity contribution is 7.99. The minimum absolute atomic E-state index is 0.279. The predicted molar refractivity (Wildman–Crippen MR) is 84.9 cm³/mol. The van der Waals surface area contributed by atoms with Gasteiger partial charge in [-0.15, -0.1) is 21.5 Å². The average Bonchev–Trinajstić information content (AvgIpc) is 3.21. The lowest BCUT2D eigenvalue weighted by Crippen LogP contribution is -2.16. The second-order valence-corrected chi connectivity index (χ2v) is 6.88. The molecule has 3 rings (SSSR count). The van der Waals surface area contributed by atoms with Gasteiger partial charge in [-0.1, -0.05) is 17.8 Å². The van der Waals surface area contributed by atoms with Crippen molar-refractivity contribution in [2.45, 2.75) is 30.6 Å². The molecule has 0 bridgehead atoms. The maximum absolute atomic E-state index is 5.77. The standard InChI is InChI=1S/C14H19N3O2S2/c1-18-7-9-21-14-16-15-13(12-5-3-8-20-12)17(14)10-11-4-2-6-19-11/h3,5,8,11H,2,4,6-7,9-10H2,1H3. The molecule has 0 radical (unpaired) electrons.